The van der Waals surface area contributed by atoms with Crippen LogP contribution in [0, 0.1) is 0 Å². The Labute approximate surface area is 105 Å². The topological polar surface area (TPSA) is 55.1 Å². The van der Waals surface area contributed by atoms with Gasteiger partial charge in [-0.15, -0.1) is 0 Å². The molecule has 4 nitrogen and oxygen atoms in total. The molecular formula is C14H14N2O2. The Bertz CT molecular complexity index is 595. The van der Waals surface area contributed by atoms with Crippen molar-refractivity contribution in [2.24, 2.45) is 7.05 Å². The molecule has 0 atom stereocenters. The molecule has 1 aromatic heterocycles. The molecule has 18 heavy (non-hydrogen) atoms. The van der Waals surface area contributed by atoms with Crippen LogP contribution in [0.2, 0.25) is 0 Å². The van der Waals surface area contributed by atoms with Crippen LogP contribution in [0.15, 0.2) is 30.3 Å². The lowest BCUT2D eigenvalue weighted by Gasteiger charge is -2.03. The lowest BCUT2D eigenvalue weighted by molar-refractivity contribution is 0.0689. The van der Waals surface area contributed by atoms with E-state index in [1.165, 1.54) is 18.4 Å². The monoisotopic (exact) mass is 242 g/mol. The zero-order chi connectivity index (χ0) is 12.7. The van der Waals surface area contributed by atoms with Crippen LogP contribution in [0.4, 0.5) is 0 Å². The van der Waals surface area contributed by atoms with Crippen LogP contribution >= 0.6 is 0 Å². The third kappa shape index (κ3) is 1.90. The van der Waals surface area contributed by atoms with E-state index in [0.29, 0.717) is 0 Å². The maximum absolute atomic E-state index is 10.9. The van der Waals surface area contributed by atoms with Crippen LogP contribution < -0.4 is 0 Å². The second kappa shape index (κ2) is 3.98. The van der Waals surface area contributed by atoms with Gasteiger partial charge in [0.2, 0.25) is 0 Å². The SMILES string of the molecule is Cn1nc(C(=O)O)cc1-c1ccc(C2CC2)cc1. The first-order chi connectivity index (χ1) is 8.65. The fraction of sp³-hybridized carbons (Fsp3) is 0.286. The van der Waals surface area contributed by atoms with Crippen LogP contribution in [0.1, 0.15) is 34.8 Å². The van der Waals surface area contributed by atoms with E-state index in [1.54, 1.807) is 17.8 Å². The highest BCUT2D eigenvalue weighted by atomic mass is 16.4. The summed E-state index contributed by atoms with van der Waals surface area (Å²) >= 11 is 0. The average Bonchev–Trinajstić information content (AvgIpc) is 3.13. The smallest absolute Gasteiger partial charge is 0.356 e. The Hall–Kier alpha value is -2.10. The standard InChI is InChI=1S/C14H14N2O2/c1-16-13(8-12(15-16)14(17)18)11-6-4-10(5-7-11)9-2-3-9/h4-9H,2-3H2,1H3,(H,17,18). The lowest BCUT2D eigenvalue weighted by atomic mass is 10.1. The molecule has 4 heteroatoms. The minimum Gasteiger partial charge on any atom is -0.476 e. The van der Waals surface area contributed by atoms with Gasteiger partial charge in [0.25, 0.3) is 0 Å². The van der Waals surface area contributed by atoms with Gasteiger partial charge in [-0.1, -0.05) is 24.3 Å². The summed E-state index contributed by atoms with van der Waals surface area (Å²) < 4.78 is 1.61. The molecule has 1 fully saturated rings. The molecule has 0 spiro atoms. The van der Waals surface area contributed by atoms with E-state index in [4.69, 9.17) is 5.11 Å². The highest BCUT2D eigenvalue weighted by Gasteiger charge is 2.23. The maximum atomic E-state index is 10.9. The van der Waals surface area contributed by atoms with E-state index in [0.717, 1.165) is 17.2 Å². The Balaban J connectivity index is 1.95. The normalized spacial score (nSPS) is 14.7. The maximum Gasteiger partial charge on any atom is 0.356 e. The molecule has 0 aliphatic heterocycles. The molecular weight excluding hydrogens is 228 g/mol. The van der Waals surface area contributed by atoms with Gasteiger partial charge in [-0.05, 0) is 36.0 Å². The fourth-order valence-corrected chi connectivity index (χ4v) is 2.18. The van der Waals surface area contributed by atoms with Gasteiger partial charge in [-0.2, -0.15) is 5.10 Å². The highest BCUT2D eigenvalue weighted by molar-refractivity contribution is 5.87. The van der Waals surface area contributed by atoms with Crippen LogP contribution in [0.25, 0.3) is 11.3 Å². The molecule has 0 bridgehead atoms. The zero-order valence-corrected chi connectivity index (χ0v) is 10.1. The number of nitrogens with zero attached hydrogens (tertiary/aromatic N) is 2. The highest BCUT2D eigenvalue weighted by Crippen LogP contribution is 2.40. The van der Waals surface area contributed by atoms with E-state index < -0.39 is 5.97 Å². The second-order valence-electron chi connectivity index (χ2n) is 4.74. The van der Waals surface area contributed by atoms with Gasteiger partial charge >= 0.3 is 5.97 Å². The van der Waals surface area contributed by atoms with E-state index in [-0.39, 0.29) is 5.69 Å². The van der Waals surface area contributed by atoms with Gasteiger partial charge in [-0.3, -0.25) is 4.68 Å². The Morgan fingerprint density at radius 3 is 2.50 bits per heavy atom. The predicted octanol–water partition coefficient (Wildman–Crippen LogP) is 2.66. The van der Waals surface area contributed by atoms with Gasteiger partial charge in [0.05, 0.1) is 5.69 Å². The number of hydrogen-bond acceptors (Lipinski definition) is 2. The summed E-state index contributed by atoms with van der Waals surface area (Å²) in [5.41, 5.74) is 3.29. The molecule has 1 N–H and O–H groups in total. The zero-order valence-electron chi connectivity index (χ0n) is 10.1. The number of benzene rings is 1. The first kappa shape index (κ1) is 11.0. The van der Waals surface area contributed by atoms with Gasteiger partial charge < -0.3 is 5.11 Å². The molecule has 92 valence electrons. The first-order valence-corrected chi connectivity index (χ1v) is 6.03. The molecule has 2 aromatic rings. The van der Waals surface area contributed by atoms with Crippen molar-refractivity contribution in [1.29, 1.82) is 0 Å². The van der Waals surface area contributed by atoms with E-state index in [2.05, 4.69) is 17.2 Å². The van der Waals surface area contributed by atoms with Gasteiger partial charge in [0.1, 0.15) is 0 Å². The van der Waals surface area contributed by atoms with Crippen molar-refractivity contribution in [3.63, 3.8) is 0 Å². The third-order valence-electron chi connectivity index (χ3n) is 3.35. The molecule has 0 radical (unpaired) electrons. The molecule has 0 amide bonds. The largest absolute Gasteiger partial charge is 0.476 e. The molecule has 1 aliphatic carbocycles. The minimum atomic E-state index is -0.994. The van der Waals surface area contributed by atoms with Crippen LogP contribution in [-0.2, 0) is 7.05 Å². The number of aromatic nitrogens is 2. The van der Waals surface area contributed by atoms with Crippen LogP contribution in [-0.4, -0.2) is 20.9 Å². The third-order valence-corrected chi connectivity index (χ3v) is 3.35. The number of aromatic carboxylic acids is 1. The van der Waals surface area contributed by atoms with Crippen molar-refractivity contribution in [1.82, 2.24) is 9.78 Å². The predicted molar refractivity (Wildman–Crippen MR) is 67.6 cm³/mol. The van der Waals surface area contributed by atoms with Gasteiger partial charge in [0.15, 0.2) is 5.69 Å². The first-order valence-electron chi connectivity index (χ1n) is 6.03. The summed E-state index contributed by atoms with van der Waals surface area (Å²) in [4.78, 5) is 10.9. The summed E-state index contributed by atoms with van der Waals surface area (Å²) in [5.74, 6) is -0.258. The number of rotatable bonds is 3. The average molecular weight is 242 g/mol. The molecule has 0 saturated heterocycles. The number of carboxylic acids is 1. The van der Waals surface area contributed by atoms with Gasteiger partial charge in [-0.25, -0.2) is 4.79 Å². The summed E-state index contributed by atoms with van der Waals surface area (Å²) in [6, 6.07) is 9.93. The van der Waals surface area contributed by atoms with Crippen LogP contribution in [0.5, 0.6) is 0 Å². The summed E-state index contributed by atoms with van der Waals surface area (Å²) in [5, 5.41) is 12.9. The van der Waals surface area contributed by atoms with E-state index in [9.17, 15) is 4.79 Å². The molecule has 1 saturated carbocycles. The van der Waals surface area contributed by atoms with Crippen LogP contribution in [0.3, 0.4) is 0 Å². The summed E-state index contributed by atoms with van der Waals surface area (Å²) in [6.07, 6.45) is 2.57. The Morgan fingerprint density at radius 2 is 2.00 bits per heavy atom. The Kier molecular flexibility index (Phi) is 2.44. The second-order valence-corrected chi connectivity index (χ2v) is 4.74. The lowest BCUT2D eigenvalue weighted by Crippen LogP contribution is -1.99. The van der Waals surface area contributed by atoms with E-state index >= 15 is 0 Å². The van der Waals surface area contributed by atoms with Crippen molar-refractivity contribution < 1.29 is 9.90 Å². The van der Waals surface area contributed by atoms with Crippen molar-refractivity contribution in [3.05, 3.63) is 41.6 Å². The van der Waals surface area contributed by atoms with Crippen molar-refractivity contribution in [2.75, 3.05) is 0 Å². The van der Waals surface area contributed by atoms with Crippen molar-refractivity contribution in [2.45, 2.75) is 18.8 Å². The molecule has 1 aliphatic rings. The fourth-order valence-electron chi connectivity index (χ4n) is 2.18. The summed E-state index contributed by atoms with van der Waals surface area (Å²) in [6.45, 7) is 0. The molecule has 1 aromatic carbocycles. The quantitative estimate of drug-likeness (QED) is 0.900. The number of aryl methyl sites for hydroxylation is 1. The van der Waals surface area contributed by atoms with Crippen molar-refractivity contribution in [3.8, 4) is 11.3 Å². The number of hydrogen-bond donors (Lipinski definition) is 1. The summed E-state index contributed by atoms with van der Waals surface area (Å²) in [7, 11) is 1.76. The van der Waals surface area contributed by atoms with Gasteiger partial charge in [0, 0.05) is 7.05 Å². The number of carbonyl (C=O) groups is 1. The Morgan fingerprint density at radius 1 is 1.33 bits per heavy atom. The molecule has 1 heterocycles. The van der Waals surface area contributed by atoms with E-state index in [1.807, 2.05) is 12.1 Å². The molecule has 3 rings (SSSR count). The number of carboxylic acid groups (broad SMARTS) is 1. The minimum absolute atomic E-state index is 0.0822. The van der Waals surface area contributed by atoms with Crippen molar-refractivity contribution >= 4 is 5.97 Å². The molecule has 0 unspecified atom stereocenters.